The minimum absolute atomic E-state index is 0.0762. The number of aromatic nitrogens is 2. The van der Waals surface area contributed by atoms with Crippen molar-refractivity contribution in [2.45, 2.75) is 18.9 Å². The zero-order valence-corrected chi connectivity index (χ0v) is 9.19. The highest BCUT2D eigenvalue weighted by molar-refractivity contribution is 5.40. The summed E-state index contributed by atoms with van der Waals surface area (Å²) in [6, 6.07) is 4.37. The van der Waals surface area contributed by atoms with Crippen LogP contribution in [0.1, 0.15) is 24.6 Å². The van der Waals surface area contributed by atoms with Crippen molar-refractivity contribution in [1.29, 1.82) is 0 Å². The van der Waals surface area contributed by atoms with Crippen LogP contribution in [0.2, 0.25) is 0 Å². The average molecular weight is 233 g/mol. The molecule has 1 saturated heterocycles. The van der Waals surface area contributed by atoms with E-state index in [1.807, 2.05) is 0 Å². The Kier molecular flexibility index (Phi) is 2.40. The van der Waals surface area contributed by atoms with Crippen LogP contribution in [0.3, 0.4) is 0 Å². The van der Waals surface area contributed by atoms with Crippen molar-refractivity contribution in [2.75, 3.05) is 6.54 Å². The molecule has 0 saturated carbocycles. The molecule has 2 aromatic rings. The lowest BCUT2D eigenvalue weighted by Gasteiger charge is -2.10. The minimum Gasteiger partial charge on any atom is -0.309 e. The largest absolute Gasteiger partial charge is 0.309 e. The lowest BCUT2D eigenvalue weighted by atomic mass is 10.1. The number of hydrogen-bond acceptors (Lipinski definition) is 3. The first kappa shape index (κ1) is 10.4. The minimum atomic E-state index is -0.468. The Labute approximate surface area is 97.1 Å². The smallest absolute Gasteiger partial charge is 0.258 e. The van der Waals surface area contributed by atoms with E-state index in [9.17, 15) is 9.18 Å². The first-order valence-corrected chi connectivity index (χ1v) is 5.67. The highest BCUT2D eigenvalue weighted by Gasteiger charge is 2.19. The maximum atomic E-state index is 13.6. The summed E-state index contributed by atoms with van der Waals surface area (Å²) in [6.07, 6.45) is 3.53. The molecular formula is C12H12FN3O. The van der Waals surface area contributed by atoms with E-state index >= 15 is 0 Å². The van der Waals surface area contributed by atoms with Gasteiger partial charge in [0.1, 0.15) is 0 Å². The molecule has 3 rings (SSSR count). The molecule has 1 aliphatic heterocycles. The van der Waals surface area contributed by atoms with Crippen molar-refractivity contribution in [2.24, 2.45) is 0 Å². The fraction of sp³-hybridized carbons (Fsp3) is 0.333. The number of fused-ring (bicyclic) bond motifs is 1. The van der Waals surface area contributed by atoms with Gasteiger partial charge < -0.3 is 5.32 Å². The average Bonchev–Trinajstić information content (AvgIpc) is 2.84. The Morgan fingerprint density at radius 2 is 2.41 bits per heavy atom. The van der Waals surface area contributed by atoms with Crippen LogP contribution in [0.15, 0.2) is 29.2 Å². The first-order valence-electron chi connectivity index (χ1n) is 5.67. The summed E-state index contributed by atoms with van der Waals surface area (Å²) in [5.41, 5.74) is 0.500. The van der Waals surface area contributed by atoms with Crippen molar-refractivity contribution in [3.05, 3.63) is 46.3 Å². The van der Waals surface area contributed by atoms with Crippen LogP contribution in [0.4, 0.5) is 4.39 Å². The Hall–Kier alpha value is -1.75. The second-order valence-electron chi connectivity index (χ2n) is 4.22. The summed E-state index contributed by atoms with van der Waals surface area (Å²) in [6.45, 7) is 0.920. The van der Waals surface area contributed by atoms with E-state index in [-0.39, 0.29) is 17.2 Å². The lowest BCUT2D eigenvalue weighted by molar-refractivity contribution is 0.607. The molecule has 4 nitrogen and oxygen atoms in total. The molecule has 3 heterocycles. The predicted molar refractivity (Wildman–Crippen MR) is 61.4 cm³/mol. The van der Waals surface area contributed by atoms with Crippen LogP contribution in [0, 0.1) is 5.82 Å². The van der Waals surface area contributed by atoms with Gasteiger partial charge in [-0.25, -0.2) is 9.37 Å². The number of hydrogen-bond donors (Lipinski definition) is 1. The molecule has 1 atom stereocenters. The summed E-state index contributed by atoms with van der Waals surface area (Å²) < 4.78 is 14.8. The van der Waals surface area contributed by atoms with Gasteiger partial charge in [0.25, 0.3) is 5.56 Å². The van der Waals surface area contributed by atoms with E-state index < -0.39 is 5.82 Å². The third-order valence-corrected chi connectivity index (χ3v) is 3.08. The van der Waals surface area contributed by atoms with Crippen molar-refractivity contribution < 1.29 is 4.39 Å². The molecule has 5 heteroatoms. The highest BCUT2D eigenvalue weighted by Crippen LogP contribution is 2.20. The molecule has 1 N–H and O–H groups in total. The van der Waals surface area contributed by atoms with Crippen LogP contribution < -0.4 is 10.9 Å². The zero-order valence-electron chi connectivity index (χ0n) is 9.19. The quantitative estimate of drug-likeness (QED) is 0.806. The summed E-state index contributed by atoms with van der Waals surface area (Å²) in [7, 11) is 0. The Balaban J connectivity index is 2.22. The monoisotopic (exact) mass is 233 g/mol. The molecule has 0 bridgehead atoms. The summed E-state index contributed by atoms with van der Waals surface area (Å²) in [5.74, 6) is -0.468. The van der Waals surface area contributed by atoms with Crippen LogP contribution >= 0.6 is 0 Å². The maximum absolute atomic E-state index is 13.6. The molecule has 0 spiro atoms. The number of pyridine rings is 1. The molecule has 1 aliphatic rings. The Morgan fingerprint density at radius 3 is 3.18 bits per heavy atom. The normalized spacial score (nSPS) is 19.9. The van der Waals surface area contributed by atoms with Gasteiger partial charge >= 0.3 is 0 Å². The highest BCUT2D eigenvalue weighted by atomic mass is 19.1. The number of halogens is 1. The molecular weight excluding hydrogens is 221 g/mol. The van der Waals surface area contributed by atoms with Crippen LogP contribution in [0.25, 0.3) is 5.65 Å². The number of nitrogens with zero attached hydrogens (tertiary/aromatic N) is 2. The topological polar surface area (TPSA) is 46.4 Å². The number of nitrogens with one attached hydrogen (secondary N) is 1. The van der Waals surface area contributed by atoms with E-state index in [4.69, 9.17) is 0 Å². The van der Waals surface area contributed by atoms with Gasteiger partial charge in [-0.15, -0.1) is 0 Å². The van der Waals surface area contributed by atoms with Gasteiger partial charge in [0.05, 0.1) is 5.69 Å². The van der Waals surface area contributed by atoms with Crippen LogP contribution in [-0.4, -0.2) is 15.9 Å². The van der Waals surface area contributed by atoms with Gasteiger partial charge in [0.15, 0.2) is 11.5 Å². The van der Waals surface area contributed by atoms with Crippen LogP contribution in [-0.2, 0) is 0 Å². The molecule has 17 heavy (non-hydrogen) atoms. The first-order chi connectivity index (χ1) is 8.25. The fourth-order valence-corrected chi connectivity index (χ4v) is 2.23. The summed E-state index contributed by atoms with van der Waals surface area (Å²) in [4.78, 5) is 16.1. The van der Waals surface area contributed by atoms with Crippen molar-refractivity contribution in [1.82, 2.24) is 14.7 Å². The summed E-state index contributed by atoms with van der Waals surface area (Å²) >= 11 is 0. The van der Waals surface area contributed by atoms with Crippen LogP contribution in [0.5, 0.6) is 0 Å². The molecule has 1 fully saturated rings. The van der Waals surface area contributed by atoms with E-state index in [1.54, 1.807) is 0 Å². The summed E-state index contributed by atoms with van der Waals surface area (Å²) in [5, 5.41) is 3.25. The van der Waals surface area contributed by atoms with Gasteiger partial charge in [-0.1, -0.05) is 0 Å². The molecule has 0 aromatic carbocycles. The third kappa shape index (κ3) is 1.72. The molecule has 2 aromatic heterocycles. The van der Waals surface area contributed by atoms with Gasteiger partial charge in [-0.2, -0.15) is 0 Å². The standard InChI is InChI=1S/C12H12FN3O/c13-8-3-2-6-16-11(17)7-10(15-12(8)16)9-4-1-5-14-9/h2-3,6-7,9,14H,1,4-5H2. The molecule has 0 amide bonds. The van der Waals surface area contributed by atoms with Gasteiger partial charge in [-0.05, 0) is 31.5 Å². The van der Waals surface area contributed by atoms with E-state index in [0.29, 0.717) is 5.69 Å². The second kappa shape index (κ2) is 3.92. The fourth-order valence-electron chi connectivity index (χ4n) is 2.23. The molecule has 0 aliphatic carbocycles. The molecule has 1 unspecified atom stereocenters. The van der Waals surface area contributed by atoms with E-state index in [1.165, 1.54) is 28.8 Å². The predicted octanol–water partition coefficient (Wildman–Crippen LogP) is 1.26. The molecule has 0 radical (unpaired) electrons. The van der Waals surface area contributed by atoms with E-state index in [0.717, 1.165) is 19.4 Å². The second-order valence-corrected chi connectivity index (χ2v) is 4.22. The van der Waals surface area contributed by atoms with Crippen molar-refractivity contribution >= 4 is 5.65 Å². The molecule has 88 valence electrons. The van der Waals surface area contributed by atoms with E-state index in [2.05, 4.69) is 10.3 Å². The lowest BCUT2D eigenvalue weighted by Crippen LogP contribution is -2.21. The Bertz CT molecular complexity index is 617. The SMILES string of the molecule is O=c1cc(C2CCCN2)nc2c(F)cccn12. The zero-order chi connectivity index (χ0) is 11.8. The Morgan fingerprint density at radius 1 is 1.53 bits per heavy atom. The third-order valence-electron chi connectivity index (χ3n) is 3.08. The van der Waals surface area contributed by atoms with Crippen molar-refractivity contribution in [3.8, 4) is 0 Å². The van der Waals surface area contributed by atoms with Gasteiger partial charge in [-0.3, -0.25) is 9.20 Å². The maximum Gasteiger partial charge on any atom is 0.258 e. The number of rotatable bonds is 1. The van der Waals surface area contributed by atoms with Gasteiger partial charge in [0, 0.05) is 18.3 Å². The van der Waals surface area contributed by atoms with Crippen molar-refractivity contribution in [3.63, 3.8) is 0 Å². The van der Waals surface area contributed by atoms with Gasteiger partial charge in [0.2, 0.25) is 0 Å².